The van der Waals surface area contributed by atoms with E-state index in [1.807, 2.05) is 91.0 Å². The average molecular weight is 449 g/mol. The van der Waals surface area contributed by atoms with Crippen LogP contribution in [0.25, 0.3) is 0 Å². The van der Waals surface area contributed by atoms with E-state index in [1.165, 1.54) is 0 Å². The zero-order valence-electron chi connectivity index (χ0n) is 18.5. The van der Waals surface area contributed by atoms with Gasteiger partial charge in [-0.1, -0.05) is 78.9 Å². The molecule has 0 aliphatic carbocycles. The summed E-state index contributed by atoms with van der Waals surface area (Å²) in [4.78, 5) is 25.2. The van der Waals surface area contributed by atoms with Gasteiger partial charge in [0.05, 0.1) is 24.2 Å². The van der Waals surface area contributed by atoms with Crippen LogP contribution in [0.4, 0.5) is 22.7 Å². The van der Waals surface area contributed by atoms with Gasteiger partial charge in [0.2, 0.25) is 11.8 Å². The number of carbonyl (C=O) groups excluding carboxylic acids is 2. The predicted molar refractivity (Wildman–Crippen MR) is 135 cm³/mol. The third-order valence-electron chi connectivity index (χ3n) is 5.00. The molecular weight excluding hydrogens is 424 g/mol. The van der Waals surface area contributed by atoms with Gasteiger partial charge in [0.1, 0.15) is 5.69 Å². The van der Waals surface area contributed by atoms with E-state index >= 15 is 0 Å². The Labute approximate surface area is 198 Å². The Morgan fingerprint density at radius 1 is 0.588 bits per heavy atom. The molecule has 0 bridgehead atoms. The Morgan fingerprint density at radius 2 is 1.12 bits per heavy atom. The molecule has 2 amide bonds. The quantitative estimate of drug-likeness (QED) is 0.303. The minimum atomic E-state index is -0.185. The molecule has 4 aromatic carbocycles. The molecule has 0 radical (unpaired) electrons. The fourth-order valence-corrected chi connectivity index (χ4v) is 3.37. The molecule has 0 fully saturated rings. The second-order valence-electron chi connectivity index (χ2n) is 7.69. The van der Waals surface area contributed by atoms with Crippen LogP contribution in [-0.2, 0) is 22.4 Å². The van der Waals surface area contributed by atoms with Gasteiger partial charge in [-0.3, -0.25) is 9.59 Å². The highest BCUT2D eigenvalue weighted by molar-refractivity contribution is 5.97. The smallest absolute Gasteiger partial charge is 0.228 e. The Kier molecular flexibility index (Phi) is 7.54. The summed E-state index contributed by atoms with van der Waals surface area (Å²) in [5.41, 5.74) is 4.05. The minimum absolute atomic E-state index is 0.147. The molecule has 0 saturated heterocycles. The van der Waals surface area contributed by atoms with Crippen LogP contribution >= 0.6 is 0 Å². The van der Waals surface area contributed by atoms with Gasteiger partial charge in [-0.05, 0) is 41.5 Å². The molecule has 2 N–H and O–H groups in total. The number of hydrogen-bond donors (Lipinski definition) is 2. The summed E-state index contributed by atoms with van der Waals surface area (Å²) >= 11 is 0. The second-order valence-corrected chi connectivity index (χ2v) is 7.69. The zero-order chi connectivity index (χ0) is 23.6. The highest BCUT2D eigenvalue weighted by Crippen LogP contribution is 2.30. The first-order valence-corrected chi connectivity index (χ1v) is 10.9. The van der Waals surface area contributed by atoms with E-state index in [0.29, 0.717) is 22.7 Å². The van der Waals surface area contributed by atoms with Crippen LogP contribution in [0.5, 0.6) is 0 Å². The van der Waals surface area contributed by atoms with Gasteiger partial charge in [0.15, 0.2) is 0 Å². The summed E-state index contributed by atoms with van der Waals surface area (Å²) in [7, 11) is 0. The number of hydrogen-bond acceptors (Lipinski definition) is 4. The van der Waals surface area contributed by atoms with Crippen molar-refractivity contribution in [1.29, 1.82) is 0 Å². The largest absolute Gasteiger partial charge is 0.326 e. The first-order valence-electron chi connectivity index (χ1n) is 10.9. The molecule has 0 atom stereocenters. The molecule has 4 aromatic rings. The van der Waals surface area contributed by atoms with Crippen LogP contribution in [0.1, 0.15) is 11.1 Å². The summed E-state index contributed by atoms with van der Waals surface area (Å²) in [5.74, 6) is -0.332. The molecule has 0 aliphatic heterocycles. The molecule has 6 nitrogen and oxygen atoms in total. The van der Waals surface area contributed by atoms with Crippen LogP contribution < -0.4 is 10.6 Å². The van der Waals surface area contributed by atoms with Crippen molar-refractivity contribution in [2.75, 3.05) is 10.6 Å². The lowest BCUT2D eigenvalue weighted by Gasteiger charge is -2.11. The molecule has 4 rings (SSSR count). The Bertz CT molecular complexity index is 1270. The van der Waals surface area contributed by atoms with Crippen molar-refractivity contribution in [3.8, 4) is 0 Å². The van der Waals surface area contributed by atoms with Crippen molar-refractivity contribution in [3.63, 3.8) is 0 Å². The van der Waals surface area contributed by atoms with Crippen LogP contribution in [-0.4, -0.2) is 11.8 Å². The van der Waals surface area contributed by atoms with E-state index in [-0.39, 0.29) is 24.7 Å². The third kappa shape index (κ3) is 6.71. The number of azo groups is 1. The minimum Gasteiger partial charge on any atom is -0.326 e. The molecule has 0 aromatic heterocycles. The van der Waals surface area contributed by atoms with Crippen molar-refractivity contribution in [1.82, 2.24) is 0 Å². The maximum atomic E-state index is 12.7. The normalized spacial score (nSPS) is 10.7. The molecule has 0 unspecified atom stereocenters. The van der Waals surface area contributed by atoms with Crippen molar-refractivity contribution in [2.45, 2.75) is 12.8 Å². The summed E-state index contributed by atoms with van der Waals surface area (Å²) in [6.45, 7) is 0. The molecule has 0 saturated carbocycles. The Balaban J connectivity index is 1.53. The lowest BCUT2D eigenvalue weighted by Crippen LogP contribution is -2.16. The lowest BCUT2D eigenvalue weighted by molar-refractivity contribution is -0.116. The summed E-state index contributed by atoms with van der Waals surface area (Å²) in [6.07, 6.45) is 0.479. The number of rotatable bonds is 8. The van der Waals surface area contributed by atoms with E-state index in [9.17, 15) is 9.59 Å². The topological polar surface area (TPSA) is 82.9 Å². The van der Waals surface area contributed by atoms with Gasteiger partial charge in [-0.15, -0.1) is 5.11 Å². The van der Waals surface area contributed by atoms with E-state index in [1.54, 1.807) is 18.2 Å². The number of anilines is 2. The Hall–Kier alpha value is -4.58. The molecule has 34 heavy (non-hydrogen) atoms. The van der Waals surface area contributed by atoms with Gasteiger partial charge >= 0.3 is 0 Å². The maximum Gasteiger partial charge on any atom is 0.228 e. The van der Waals surface area contributed by atoms with Crippen LogP contribution in [0, 0.1) is 0 Å². The predicted octanol–water partition coefficient (Wildman–Crippen LogP) is 6.46. The summed E-state index contributed by atoms with van der Waals surface area (Å²) in [5, 5.41) is 14.4. The van der Waals surface area contributed by atoms with Gasteiger partial charge in [-0.25, -0.2) is 0 Å². The van der Waals surface area contributed by atoms with Gasteiger partial charge in [0, 0.05) is 5.69 Å². The highest BCUT2D eigenvalue weighted by atomic mass is 16.2. The van der Waals surface area contributed by atoms with E-state index < -0.39 is 0 Å². The number of amides is 2. The van der Waals surface area contributed by atoms with Crippen LogP contribution in [0.3, 0.4) is 0 Å². The highest BCUT2D eigenvalue weighted by Gasteiger charge is 2.11. The third-order valence-corrected chi connectivity index (χ3v) is 5.00. The molecule has 6 heteroatoms. The van der Waals surface area contributed by atoms with E-state index in [0.717, 1.165) is 11.1 Å². The first kappa shape index (κ1) is 22.6. The first-order chi connectivity index (χ1) is 16.7. The number of nitrogens with zero attached hydrogens (tertiary/aromatic N) is 2. The van der Waals surface area contributed by atoms with Crippen molar-refractivity contribution in [2.24, 2.45) is 10.2 Å². The number of nitrogens with one attached hydrogen (secondary N) is 2. The lowest BCUT2D eigenvalue weighted by atomic mass is 10.1. The van der Waals surface area contributed by atoms with Crippen molar-refractivity contribution < 1.29 is 9.59 Å². The van der Waals surface area contributed by atoms with Gasteiger partial charge in [-0.2, -0.15) is 5.11 Å². The summed E-state index contributed by atoms with van der Waals surface area (Å²) in [6, 6.07) is 33.5. The van der Waals surface area contributed by atoms with E-state index in [4.69, 9.17) is 0 Å². The second kappa shape index (κ2) is 11.3. The Morgan fingerprint density at radius 3 is 1.71 bits per heavy atom. The van der Waals surface area contributed by atoms with Gasteiger partial charge in [0.25, 0.3) is 0 Å². The van der Waals surface area contributed by atoms with Crippen molar-refractivity contribution >= 4 is 34.6 Å². The standard InChI is InChI=1S/C28H24N4O2/c33-27(18-21-10-4-1-5-11-21)29-24-16-17-25(32-31-23-14-8-3-9-15-23)26(20-24)30-28(34)19-22-12-6-2-7-13-22/h1-17,20H,18-19H2,(H,29,33)(H,30,34). The fraction of sp³-hybridized carbons (Fsp3) is 0.0714. The maximum absolute atomic E-state index is 12.7. The zero-order valence-corrected chi connectivity index (χ0v) is 18.5. The van der Waals surface area contributed by atoms with Crippen molar-refractivity contribution in [3.05, 3.63) is 120 Å². The van der Waals surface area contributed by atoms with Gasteiger partial charge < -0.3 is 10.6 Å². The molecule has 0 aliphatic rings. The SMILES string of the molecule is O=C(Cc1ccccc1)Nc1ccc(N=Nc2ccccc2)c(NC(=O)Cc2ccccc2)c1. The van der Waals surface area contributed by atoms with Crippen LogP contribution in [0.15, 0.2) is 119 Å². The number of carbonyl (C=O) groups is 2. The molecule has 0 heterocycles. The number of benzene rings is 4. The monoisotopic (exact) mass is 448 g/mol. The fourth-order valence-electron chi connectivity index (χ4n) is 3.37. The average Bonchev–Trinajstić information content (AvgIpc) is 2.85. The van der Waals surface area contributed by atoms with Crippen LogP contribution in [0.2, 0.25) is 0 Å². The molecule has 0 spiro atoms. The molecular formula is C28H24N4O2. The van der Waals surface area contributed by atoms with E-state index in [2.05, 4.69) is 20.9 Å². The summed E-state index contributed by atoms with van der Waals surface area (Å²) < 4.78 is 0. The molecule has 168 valence electrons.